The molecular formula is C29H34N4O5. The molecule has 1 aliphatic heterocycles. The number of furan rings is 1. The van der Waals surface area contributed by atoms with Gasteiger partial charge in [0.2, 0.25) is 11.8 Å². The number of nitrogens with zero attached hydrogens (tertiary/aromatic N) is 4. The van der Waals surface area contributed by atoms with Gasteiger partial charge >= 0.3 is 0 Å². The van der Waals surface area contributed by atoms with Gasteiger partial charge in [-0.05, 0) is 69.5 Å². The molecule has 0 saturated heterocycles. The van der Waals surface area contributed by atoms with Crippen LogP contribution in [0.15, 0.2) is 65.5 Å². The van der Waals surface area contributed by atoms with Crippen molar-refractivity contribution >= 4 is 29.1 Å². The standard InChI is InChI=1S/C29H34N4O5/c1-5-33-23-12-11-22(19-24(23)31(4)27(35)29(2,3)28(33)36)37-18-8-15-32(26(34)25-10-7-17-38-25)16-13-21-9-6-14-30-20-21/h6-7,9-12,14,17,19-20H,5,8,13,15-16,18H2,1-4H3. The van der Waals surface area contributed by atoms with Crippen molar-refractivity contribution in [2.75, 3.05) is 43.1 Å². The number of aromatic nitrogens is 1. The van der Waals surface area contributed by atoms with E-state index in [2.05, 4.69) is 4.98 Å². The molecule has 200 valence electrons. The number of fused-ring (bicyclic) bond motifs is 1. The van der Waals surface area contributed by atoms with E-state index in [4.69, 9.17) is 9.15 Å². The van der Waals surface area contributed by atoms with Crippen molar-refractivity contribution < 1.29 is 23.5 Å². The monoisotopic (exact) mass is 518 g/mol. The predicted octanol–water partition coefficient (Wildman–Crippen LogP) is 4.18. The van der Waals surface area contributed by atoms with Crippen molar-refractivity contribution in [2.24, 2.45) is 5.41 Å². The molecule has 38 heavy (non-hydrogen) atoms. The Labute approximate surface area is 223 Å². The first kappa shape index (κ1) is 26.9. The van der Waals surface area contributed by atoms with Crippen molar-refractivity contribution in [3.8, 4) is 5.75 Å². The molecule has 2 aromatic heterocycles. The molecule has 0 atom stereocenters. The number of hydrogen-bond acceptors (Lipinski definition) is 6. The fourth-order valence-electron chi connectivity index (χ4n) is 4.60. The molecule has 0 fully saturated rings. The highest BCUT2D eigenvalue weighted by Gasteiger charge is 2.45. The normalized spacial score (nSPS) is 14.7. The average Bonchev–Trinajstić information content (AvgIpc) is 3.46. The molecule has 0 unspecified atom stereocenters. The zero-order chi connectivity index (χ0) is 27.3. The number of hydrogen-bond donors (Lipinski definition) is 0. The highest BCUT2D eigenvalue weighted by molar-refractivity contribution is 6.20. The number of rotatable bonds is 10. The molecule has 0 spiro atoms. The Balaban J connectivity index is 1.42. The molecule has 9 heteroatoms. The first-order chi connectivity index (χ1) is 18.2. The van der Waals surface area contributed by atoms with Crippen molar-refractivity contribution in [3.05, 3.63) is 72.4 Å². The largest absolute Gasteiger partial charge is 0.493 e. The molecule has 0 aliphatic carbocycles. The second-order valence-corrected chi connectivity index (χ2v) is 9.77. The fourth-order valence-corrected chi connectivity index (χ4v) is 4.60. The van der Waals surface area contributed by atoms with Crippen LogP contribution in [0.25, 0.3) is 0 Å². The third kappa shape index (κ3) is 5.56. The van der Waals surface area contributed by atoms with E-state index in [9.17, 15) is 14.4 Å². The summed E-state index contributed by atoms with van der Waals surface area (Å²) in [4.78, 5) is 48.2. The van der Waals surface area contributed by atoms with E-state index in [1.54, 1.807) is 67.4 Å². The first-order valence-electron chi connectivity index (χ1n) is 12.8. The average molecular weight is 519 g/mol. The second-order valence-electron chi connectivity index (χ2n) is 9.77. The molecular weight excluding hydrogens is 484 g/mol. The maximum Gasteiger partial charge on any atom is 0.289 e. The Bertz CT molecular complexity index is 1270. The third-order valence-electron chi connectivity index (χ3n) is 6.79. The van der Waals surface area contributed by atoms with E-state index < -0.39 is 5.41 Å². The molecule has 0 N–H and O–H groups in total. The Morgan fingerprint density at radius 3 is 2.58 bits per heavy atom. The molecule has 1 aromatic carbocycles. The van der Waals surface area contributed by atoms with Gasteiger partial charge in [0.15, 0.2) is 5.76 Å². The van der Waals surface area contributed by atoms with Gasteiger partial charge in [0.05, 0.1) is 24.2 Å². The minimum absolute atomic E-state index is 0.170. The van der Waals surface area contributed by atoms with E-state index in [1.807, 2.05) is 25.1 Å². The molecule has 1 aliphatic rings. The summed E-state index contributed by atoms with van der Waals surface area (Å²) in [7, 11) is 1.68. The van der Waals surface area contributed by atoms with Gasteiger partial charge in [0.1, 0.15) is 11.2 Å². The lowest BCUT2D eigenvalue weighted by Gasteiger charge is -2.27. The number of carbonyl (C=O) groups is 3. The van der Waals surface area contributed by atoms with Crippen LogP contribution in [-0.4, -0.2) is 60.9 Å². The number of ether oxygens (including phenoxy) is 1. The van der Waals surface area contributed by atoms with Crippen LogP contribution in [0.4, 0.5) is 11.4 Å². The van der Waals surface area contributed by atoms with Crippen molar-refractivity contribution in [3.63, 3.8) is 0 Å². The molecule has 4 rings (SSSR count). The van der Waals surface area contributed by atoms with Gasteiger partial charge in [-0.25, -0.2) is 0 Å². The lowest BCUT2D eigenvalue weighted by molar-refractivity contribution is -0.137. The maximum absolute atomic E-state index is 13.1. The number of benzene rings is 1. The zero-order valence-corrected chi connectivity index (χ0v) is 22.3. The van der Waals surface area contributed by atoms with E-state index >= 15 is 0 Å². The summed E-state index contributed by atoms with van der Waals surface area (Å²) in [6.45, 7) is 7.03. The van der Waals surface area contributed by atoms with Crippen LogP contribution in [0, 0.1) is 5.41 Å². The minimum Gasteiger partial charge on any atom is -0.493 e. The van der Waals surface area contributed by atoms with E-state index in [1.165, 1.54) is 11.2 Å². The molecule has 0 bridgehead atoms. The van der Waals surface area contributed by atoms with Gasteiger partial charge in [-0.15, -0.1) is 0 Å². The quantitative estimate of drug-likeness (QED) is 0.295. The van der Waals surface area contributed by atoms with Crippen LogP contribution in [-0.2, 0) is 16.0 Å². The smallest absolute Gasteiger partial charge is 0.289 e. The van der Waals surface area contributed by atoms with Crippen LogP contribution in [0.5, 0.6) is 5.75 Å². The summed E-state index contributed by atoms with van der Waals surface area (Å²) in [6, 6.07) is 12.6. The SMILES string of the molecule is CCN1C(=O)C(C)(C)C(=O)N(C)c2cc(OCCCN(CCc3cccnc3)C(=O)c3ccco3)ccc21. The minimum atomic E-state index is -1.16. The van der Waals surface area contributed by atoms with Gasteiger partial charge in [0.25, 0.3) is 5.91 Å². The van der Waals surface area contributed by atoms with Crippen LogP contribution in [0.3, 0.4) is 0 Å². The first-order valence-corrected chi connectivity index (χ1v) is 12.8. The van der Waals surface area contributed by atoms with Crippen LogP contribution < -0.4 is 14.5 Å². The number of carbonyl (C=O) groups excluding carboxylic acids is 3. The van der Waals surface area contributed by atoms with Gasteiger partial charge in [0, 0.05) is 45.1 Å². The molecule has 3 aromatic rings. The Hall–Kier alpha value is -4.14. The summed E-state index contributed by atoms with van der Waals surface area (Å²) in [5, 5.41) is 0. The van der Waals surface area contributed by atoms with Crippen LogP contribution in [0.2, 0.25) is 0 Å². The Morgan fingerprint density at radius 2 is 1.89 bits per heavy atom. The highest BCUT2D eigenvalue weighted by Crippen LogP contribution is 2.40. The summed E-state index contributed by atoms with van der Waals surface area (Å²) in [6.07, 6.45) is 6.28. The molecule has 0 radical (unpaired) electrons. The summed E-state index contributed by atoms with van der Waals surface area (Å²) >= 11 is 0. The Kier molecular flexibility index (Phi) is 8.14. The lowest BCUT2D eigenvalue weighted by atomic mass is 9.90. The van der Waals surface area contributed by atoms with E-state index in [0.717, 1.165) is 5.56 Å². The predicted molar refractivity (Wildman–Crippen MR) is 144 cm³/mol. The van der Waals surface area contributed by atoms with Gasteiger partial charge in [-0.1, -0.05) is 6.07 Å². The van der Waals surface area contributed by atoms with Crippen molar-refractivity contribution in [2.45, 2.75) is 33.6 Å². The zero-order valence-electron chi connectivity index (χ0n) is 22.3. The van der Waals surface area contributed by atoms with Crippen molar-refractivity contribution in [1.82, 2.24) is 9.88 Å². The molecule has 9 nitrogen and oxygen atoms in total. The fraction of sp³-hybridized carbons (Fsp3) is 0.379. The Morgan fingerprint density at radius 1 is 1.08 bits per heavy atom. The van der Waals surface area contributed by atoms with Crippen LogP contribution >= 0.6 is 0 Å². The number of anilines is 2. The van der Waals surface area contributed by atoms with E-state index in [0.29, 0.717) is 62.0 Å². The van der Waals surface area contributed by atoms with Gasteiger partial charge in [-0.2, -0.15) is 0 Å². The molecule has 3 heterocycles. The summed E-state index contributed by atoms with van der Waals surface area (Å²) in [5.41, 5.74) is 1.19. The van der Waals surface area contributed by atoms with Crippen molar-refractivity contribution in [1.29, 1.82) is 0 Å². The third-order valence-corrected chi connectivity index (χ3v) is 6.79. The lowest BCUT2D eigenvalue weighted by Crippen LogP contribution is -2.47. The topological polar surface area (TPSA) is 96.2 Å². The summed E-state index contributed by atoms with van der Waals surface area (Å²) < 4.78 is 11.3. The number of amides is 3. The van der Waals surface area contributed by atoms with E-state index in [-0.39, 0.29) is 17.7 Å². The maximum atomic E-state index is 13.1. The number of pyridine rings is 1. The van der Waals surface area contributed by atoms with Gasteiger partial charge < -0.3 is 23.9 Å². The molecule has 0 saturated carbocycles. The summed E-state index contributed by atoms with van der Waals surface area (Å²) in [5.74, 6) is 0.227. The van der Waals surface area contributed by atoms with Gasteiger partial charge in [-0.3, -0.25) is 19.4 Å². The highest BCUT2D eigenvalue weighted by atomic mass is 16.5. The second kappa shape index (κ2) is 11.5. The molecule has 3 amide bonds. The van der Waals surface area contributed by atoms with Crippen LogP contribution in [0.1, 0.15) is 43.3 Å².